The summed E-state index contributed by atoms with van der Waals surface area (Å²) in [6.45, 7) is 1.77. The number of carbonyl (C=O) groups excluding carboxylic acids is 2. The second-order valence-corrected chi connectivity index (χ2v) is 4.38. The van der Waals surface area contributed by atoms with Crippen LogP contribution in [0.3, 0.4) is 0 Å². The molecule has 6 heteroatoms. The van der Waals surface area contributed by atoms with Crippen LogP contribution in [0.25, 0.3) is 0 Å². The highest BCUT2D eigenvalue weighted by molar-refractivity contribution is 6.43. The molecule has 100 valence electrons. The minimum Gasteiger partial charge on any atom is -0.321 e. The number of hydrogen-bond donors (Lipinski definition) is 1. The van der Waals surface area contributed by atoms with E-state index in [1.54, 1.807) is 13.0 Å². The van der Waals surface area contributed by atoms with Gasteiger partial charge in [0.05, 0.1) is 0 Å². The van der Waals surface area contributed by atoms with Gasteiger partial charge in [-0.25, -0.2) is 9.40 Å². The number of hydrogen-bond acceptors (Lipinski definition) is 3. The average molecular weight is 263 g/mol. The molecule has 1 aromatic carbocycles. The molecule has 0 saturated heterocycles. The van der Waals surface area contributed by atoms with Crippen molar-refractivity contribution in [1.82, 2.24) is 5.01 Å². The topological polar surface area (TPSA) is 61.8 Å². The van der Waals surface area contributed by atoms with Gasteiger partial charge in [0.1, 0.15) is 11.5 Å². The number of benzene rings is 1. The van der Waals surface area contributed by atoms with E-state index in [-0.39, 0.29) is 18.0 Å². The number of anilines is 1. The Morgan fingerprint density at radius 2 is 2.16 bits per heavy atom. The lowest BCUT2D eigenvalue weighted by Gasteiger charge is -2.19. The van der Waals surface area contributed by atoms with Gasteiger partial charge in [0.2, 0.25) is 5.91 Å². The summed E-state index contributed by atoms with van der Waals surface area (Å²) in [4.78, 5) is 23.2. The van der Waals surface area contributed by atoms with Crippen LogP contribution in [0.5, 0.6) is 0 Å². The highest BCUT2D eigenvalue weighted by Gasteiger charge is 2.22. The van der Waals surface area contributed by atoms with Crippen molar-refractivity contribution < 1.29 is 14.0 Å². The van der Waals surface area contributed by atoms with Crippen LogP contribution in [0.1, 0.15) is 18.4 Å². The summed E-state index contributed by atoms with van der Waals surface area (Å²) < 4.78 is 13.1. The van der Waals surface area contributed by atoms with Crippen LogP contribution in [-0.2, 0) is 9.59 Å². The third-order valence-corrected chi connectivity index (χ3v) is 2.92. The molecule has 2 rings (SSSR count). The van der Waals surface area contributed by atoms with E-state index in [1.807, 2.05) is 0 Å². The predicted molar refractivity (Wildman–Crippen MR) is 69.2 cm³/mol. The molecule has 1 heterocycles. The highest BCUT2D eigenvalue weighted by Crippen LogP contribution is 2.17. The number of carbonyl (C=O) groups is 2. The SMILES string of the molecule is Cc1ccc(F)cc1NC(=O)C1=NN(C)C(=O)CC1. The van der Waals surface area contributed by atoms with Crippen molar-refractivity contribution in [3.8, 4) is 0 Å². The zero-order valence-corrected chi connectivity index (χ0v) is 10.7. The average Bonchev–Trinajstić information content (AvgIpc) is 2.37. The fourth-order valence-corrected chi connectivity index (χ4v) is 1.76. The summed E-state index contributed by atoms with van der Waals surface area (Å²) in [7, 11) is 1.50. The van der Waals surface area contributed by atoms with E-state index in [1.165, 1.54) is 19.2 Å². The molecule has 0 aliphatic carbocycles. The summed E-state index contributed by atoms with van der Waals surface area (Å²) in [5.74, 6) is -0.953. The molecule has 0 fully saturated rings. The minimum atomic E-state index is -0.418. The molecule has 0 radical (unpaired) electrons. The van der Waals surface area contributed by atoms with Crippen molar-refractivity contribution in [2.24, 2.45) is 5.10 Å². The van der Waals surface area contributed by atoms with Crippen LogP contribution >= 0.6 is 0 Å². The molecule has 2 amide bonds. The van der Waals surface area contributed by atoms with Gasteiger partial charge in [0.25, 0.3) is 5.91 Å². The zero-order valence-electron chi connectivity index (χ0n) is 10.7. The first kappa shape index (κ1) is 13.2. The Bertz CT molecular complexity index is 569. The maximum Gasteiger partial charge on any atom is 0.271 e. The van der Waals surface area contributed by atoms with Crippen molar-refractivity contribution in [3.63, 3.8) is 0 Å². The Labute approximate surface area is 110 Å². The van der Waals surface area contributed by atoms with Gasteiger partial charge in [-0.15, -0.1) is 0 Å². The fourth-order valence-electron chi connectivity index (χ4n) is 1.76. The molecule has 0 bridgehead atoms. The Hall–Kier alpha value is -2.24. The van der Waals surface area contributed by atoms with Crippen LogP contribution < -0.4 is 5.32 Å². The van der Waals surface area contributed by atoms with E-state index in [9.17, 15) is 14.0 Å². The summed E-state index contributed by atoms with van der Waals surface area (Å²) in [6, 6.07) is 4.17. The third kappa shape index (κ3) is 2.96. The number of nitrogens with one attached hydrogen (secondary N) is 1. The highest BCUT2D eigenvalue weighted by atomic mass is 19.1. The largest absolute Gasteiger partial charge is 0.321 e. The molecule has 0 unspecified atom stereocenters. The van der Waals surface area contributed by atoms with Crippen LogP contribution in [0.2, 0.25) is 0 Å². The van der Waals surface area contributed by atoms with E-state index in [0.29, 0.717) is 12.1 Å². The Balaban J connectivity index is 2.15. The molecule has 1 aliphatic heterocycles. The van der Waals surface area contributed by atoms with Crippen LogP contribution in [-0.4, -0.2) is 29.6 Å². The van der Waals surface area contributed by atoms with Crippen LogP contribution in [0.4, 0.5) is 10.1 Å². The zero-order chi connectivity index (χ0) is 14.0. The Kier molecular flexibility index (Phi) is 3.59. The monoisotopic (exact) mass is 263 g/mol. The van der Waals surface area contributed by atoms with Crippen molar-refractivity contribution in [1.29, 1.82) is 0 Å². The maximum atomic E-state index is 13.1. The summed E-state index contributed by atoms with van der Waals surface area (Å²) in [6.07, 6.45) is 0.550. The van der Waals surface area contributed by atoms with Gasteiger partial charge in [-0.3, -0.25) is 9.59 Å². The van der Waals surface area contributed by atoms with Gasteiger partial charge in [0, 0.05) is 25.6 Å². The number of nitrogens with zero attached hydrogens (tertiary/aromatic N) is 2. The first-order valence-corrected chi connectivity index (χ1v) is 5.89. The van der Waals surface area contributed by atoms with E-state index in [2.05, 4.69) is 10.4 Å². The first-order chi connectivity index (χ1) is 8.97. The second-order valence-electron chi connectivity index (χ2n) is 4.38. The summed E-state index contributed by atoms with van der Waals surface area (Å²) in [5, 5.41) is 7.66. The fraction of sp³-hybridized carbons (Fsp3) is 0.308. The molecule has 0 saturated carbocycles. The van der Waals surface area contributed by atoms with Gasteiger partial charge in [-0.1, -0.05) is 6.07 Å². The first-order valence-electron chi connectivity index (χ1n) is 5.89. The normalized spacial score (nSPS) is 15.2. The van der Waals surface area contributed by atoms with E-state index < -0.39 is 11.7 Å². The van der Waals surface area contributed by atoms with Gasteiger partial charge in [0.15, 0.2) is 0 Å². The molecule has 1 aromatic rings. The Morgan fingerprint density at radius 3 is 2.84 bits per heavy atom. The van der Waals surface area contributed by atoms with Crippen molar-refractivity contribution in [2.45, 2.75) is 19.8 Å². The molecule has 0 spiro atoms. The molecular formula is C13H14FN3O2. The lowest BCUT2D eigenvalue weighted by Crippen LogP contribution is -2.34. The quantitative estimate of drug-likeness (QED) is 0.882. The van der Waals surface area contributed by atoms with Crippen LogP contribution in [0.15, 0.2) is 23.3 Å². The van der Waals surface area contributed by atoms with Gasteiger partial charge in [-0.2, -0.15) is 5.10 Å². The molecule has 5 nitrogen and oxygen atoms in total. The standard InChI is InChI=1S/C13H14FN3O2/c1-8-3-4-9(14)7-11(8)15-13(19)10-5-6-12(18)17(2)16-10/h3-4,7H,5-6H2,1-2H3,(H,15,19). The minimum absolute atomic E-state index is 0.126. The van der Waals surface area contributed by atoms with Gasteiger partial charge in [-0.05, 0) is 24.6 Å². The van der Waals surface area contributed by atoms with Crippen molar-refractivity contribution in [2.75, 3.05) is 12.4 Å². The lowest BCUT2D eigenvalue weighted by molar-refractivity contribution is -0.130. The predicted octanol–water partition coefficient (Wildman–Crippen LogP) is 1.68. The molecule has 1 aliphatic rings. The van der Waals surface area contributed by atoms with Crippen molar-refractivity contribution >= 4 is 23.2 Å². The van der Waals surface area contributed by atoms with E-state index in [0.717, 1.165) is 10.6 Å². The number of amides is 2. The van der Waals surface area contributed by atoms with E-state index >= 15 is 0 Å². The number of halogens is 1. The summed E-state index contributed by atoms with van der Waals surface area (Å²) in [5.41, 5.74) is 1.44. The molecule has 0 aromatic heterocycles. The lowest BCUT2D eigenvalue weighted by atomic mass is 10.1. The van der Waals surface area contributed by atoms with E-state index in [4.69, 9.17) is 0 Å². The molecule has 1 N–H and O–H groups in total. The number of rotatable bonds is 2. The van der Waals surface area contributed by atoms with Gasteiger partial charge >= 0.3 is 0 Å². The number of hydrazone groups is 1. The second kappa shape index (κ2) is 5.17. The third-order valence-electron chi connectivity index (χ3n) is 2.92. The molecular weight excluding hydrogens is 249 g/mol. The smallest absolute Gasteiger partial charge is 0.271 e. The molecule has 19 heavy (non-hydrogen) atoms. The van der Waals surface area contributed by atoms with Gasteiger partial charge < -0.3 is 5.32 Å². The van der Waals surface area contributed by atoms with Crippen LogP contribution in [0, 0.1) is 12.7 Å². The van der Waals surface area contributed by atoms with Crippen molar-refractivity contribution in [3.05, 3.63) is 29.6 Å². The maximum absolute atomic E-state index is 13.1. The molecule has 0 atom stereocenters. The Morgan fingerprint density at radius 1 is 1.42 bits per heavy atom. The number of aryl methyl sites for hydroxylation is 1. The summed E-state index contributed by atoms with van der Waals surface area (Å²) >= 11 is 0.